The van der Waals surface area contributed by atoms with Crippen LogP contribution in [0.3, 0.4) is 0 Å². The lowest BCUT2D eigenvalue weighted by Gasteiger charge is -1.93. The van der Waals surface area contributed by atoms with Gasteiger partial charge < -0.3 is 0 Å². The number of fused-ring (bicyclic) bond motifs is 1. The maximum absolute atomic E-state index is 2.20. The van der Waals surface area contributed by atoms with E-state index in [4.69, 9.17) is 0 Å². The Morgan fingerprint density at radius 3 is 2.21 bits per heavy atom. The summed E-state index contributed by atoms with van der Waals surface area (Å²) >= 11 is 0. The second-order valence-corrected chi connectivity index (χ2v) is 3.01. The fourth-order valence-electron chi connectivity index (χ4n) is 1.20. The zero-order chi connectivity index (χ0) is 10.8. The molecule has 0 amide bonds. The van der Waals surface area contributed by atoms with Crippen molar-refractivity contribution in [3.8, 4) is 0 Å². The minimum absolute atomic E-state index is 1.12. The summed E-state index contributed by atoms with van der Waals surface area (Å²) in [6.07, 6.45) is 6.75. The standard InChI is InChI=1S/C9H8.C3H8.C2H6/c1-2-5-9-7-3-6-8(9)4-1;1-3-2;1-2/h1-6H,7H2;3H2,1-2H3;1-2H3. The lowest BCUT2D eigenvalue weighted by atomic mass is 10.1. The zero-order valence-corrected chi connectivity index (χ0v) is 9.88. The minimum atomic E-state index is 1.12. The number of rotatable bonds is 0. The van der Waals surface area contributed by atoms with Crippen LogP contribution in [-0.2, 0) is 6.42 Å². The molecule has 0 heteroatoms. The number of hydrogen-bond donors (Lipinski definition) is 0. The van der Waals surface area contributed by atoms with Crippen molar-refractivity contribution in [2.45, 2.75) is 40.5 Å². The van der Waals surface area contributed by atoms with Crippen LogP contribution in [-0.4, -0.2) is 0 Å². The molecule has 0 aromatic heterocycles. The van der Waals surface area contributed by atoms with Gasteiger partial charge in [-0.05, 0) is 17.5 Å². The molecular formula is C14H22. The van der Waals surface area contributed by atoms with E-state index in [9.17, 15) is 0 Å². The van der Waals surface area contributed by atoms with Crippen LogP contribution in [0.1, 0.15) is 45.2 Å². The Morgan fingerprint density at radius 2 is 1.64 bits per heavy atom. The Morgan fingerprint density at radius 1 is 1.07 bits per heavy atom. The van der Waals surface area contributed by atoms with Crippen LogP contribution in [0.5, 0.6) is 0 Å². The lowest BCUT2D eigenvalue weighted by Crippen LogP contribution is -1.76. The normalized spacial score (nSPS) is 10.6. The van der Waals surface area contributed by atoms with Gasteiger partial charge in [0.05, 0.1) is 0 Å². The van der Waals surface area contributed by atoms with Crippen molar-refractivity contribution in [3.63, 3.8) is 0 Å². The molecule has 1 aromatic rings. The smallest absolute Gasteiger partial charge is 0.00882 e. The van der Waals surface area contributed by atoms with E-state index in [2.05, 4.69) is 50.3 Å². The fraction of sp³-hybridized carbons (Fsp3) is 0.429. The van der Waals surface area contributed by atoms with E-state index in [-0.39, 0.29) is 0 Å². The highest BCUT2D eigenvalue weighted by atomic mass is 14.0. The molecule has 0 heterocycles. The first kappa shape index (κ1) is 13.0. The Kier molecular flexibility index (Phi) is 7.92. The Balaban J connectivity index is 0.000000294. The van der Waals surface area contributed by atoms with E-state index < -0.39 is 0 Å². The highest BCUT2D eigenvalue weighted by Crippen LogP contribution is 2.17. The van der Waals surface area contributed by atoms with Crippen molar-refractivity contribution < 1.29 is 0 Å². The summed E-state index contributed by atoms with van der Waals surface area (Å²) in [6, 6.07) is 8.49. The molecule has 0 spiro atoms. The van der Waals surface area contributed by atoms with Gasteiger partial charge in [-0.2, -0.15) is 0 Å². The SMILES string of the molecule is C1=Cc2ccccc2C1.CC.CCC. The van der Waals surface area contributed by atoms with Gasteiger partial charge in [-0.3, -0.25) is 0 Å². The molecule has 2 rings (SSSR count). The number of benzene rings is 1. The summed E-state index contributed by atoms with van der Waals surface area (Å²) in [6.45, 7) is 8.25. The van der Waals surface area contributed by atoms with Crippen LogP contribution in [0.4, 0.5) is 0 Å². The Hall–Kier alpha value is -1.04. The molecule has 0 aliphatic heterocycles. The summed E-state index contributed by atoms with van der Waals surface area (Å²) < 4.78 is 0. The van der Waals surface area contributed by atoms with E-state index in [1.807, 2.05) is 13.8 Å². The van der Waals surface area contributed by atoms with Crippen molar-refractivity contribution in [1.29, 1.82) is 0 Å². The first-order valence-electron chi connectivity index (χ1n) is 5.63. The molecule has 0 nitrogen and oxygen atoms in total. The number of allylic oxidation sites excluding steroid dienone is 1. The first-order valence-corrected chi connectivity index (χ1v) is 5.63. The summed E-state index contributed by atoms with van der Waals surface area (Å²) in [4.78, 5) is 0. The molecule has 0 saturated heterocycles. The van der Waals surface area contributed by atoms with Crippen LogP contribution in [0, 0.1) is 0 Å². The van der Waals surface area contributed by atoms with E-state index in [1.54, 1.807) is 0 Å². The quantitative estimate of drug-likeness (QED) is 0.556. The molecule has 0 saturated carbocycles. The molecule has 0 atom stereocenters. The molecule has 1 aliphatic carbocycles. The topological polar surface area (TPSA) is 0 Å². The third-order valence-electron chi connectivity index (χ3n) is 1.69. The van der Waals surface area contributed by atoms with Gasteiger partial charge in [0, 0.05) is 0 Å². The monoisotopic (exact) mass is 190 g/mol. The molecule has 0 fully saturated rings. The molecule has 1 aliphatic rings. The maximum Gasteiger partial charge on any atom is -0.00882 e. The molecule has 14 heavy (non-hydrogen) atoms. The molecule has 1 aromatic carbocycles. The van der Waals surface area contributed by atoms with Gasteiger partial charge in [-0.25, -0.2) is 0 Å². The van der Waals surface area contributed by atoms with E-state index in [1.165, 1.54) is 17.5 Å². The summed E-state index contributed by atoms with van der Waals surface area (Å²) in [5.41, 5.74) is 2.84. The maximum atomic E-state index is 2.20. The van der Waals surface area contributed by atoms with E-state index in [0.29, 0.717) is 0 Å². The third-order valence-corrected chi connectivity index (χ3v) is 1.69. The van der Waals surface area contributed by atoms with Gasteiger partial charge >= 0.3 is 0 Å². The van der Waals surface area contributed by atoms with Crippen LogP contribution < -0.4 is 0 Å². The van der Waals surface area contributed by atoms with E-state index >= 15 is 0 Å². The van der Waals surface area contributed by atoms with Gasteiger partial charge in [0.25, 0.3) is 0 Å². The second-order valence-electron chi connectivity index (χ2n) is 3.01. The fourth-order valence-corrected chi connectivity index (χ4v) is 1.20. The summed E-state index contributed by atoms with van der Waals surface area (Å²) in [7, 11) is 0. The summed E-state index contributed by atoms with van der Waals surface area (Å²) in [5, 5.41) is 0. The third kappa shape index (κ3) is 4.27. The summed E-state index contributed by atoms with van der Waals surface area (Å²) in [5.74, 6) is 0. The number of hydrogen-bond acceptors (Lipinski definition) is 0. The molecule has 0 bridgehead atoms. The predicted molar refractivity (Wildman–Crippen MR) is 66.5 cm³/mol. The van der Waals surface area contributed by atoms with Gasteiger partial charge in [-0.15, -0.1) is 0 Å². The average Bonchev–Trinajstić information content (AvgIpc) is 2.69. The van der Waals surface area contributed by atoms with Crippen LogP contribution >= 0.6 is 0 Å². The molecule has 78 valence electrons. The average molecular weight is 190 g/mol. The van der Waals surface area contributed by atoms with Crippen molar-refractivity contribution in [2.75, 3.05) is 0 Å². The second kappa shape index (κ2) is 8.55. The molecular weight excluding hydrogens is 168 g/mol. The molecule has 0 unspecified atom stereocenters. The first-order chi connectivity index (χ1) is 6.88. The predicted octanol–water partition coefficient (Wildman–Crippen LogP) is 4.70. The van der Waals surface area contributed by atoms with Crippen molar-refractivity contribution in [2.24, 2.45) is 0 Å². The molecule has 0 N–H and O–H groups in total. The van der Waals surface area contributed by atoms with Crippen molar-refractivity contribution in [3.05, 3.63) is 41.5 Å². The lowest BCUT2D eigenvalue weighted by molar-refractivity contribution is 1.09. The van der Waals surface area contributed by atoms with Crippen LogP contribution in [0.25, 0.3) is 6.08 Å². The van der Waals surface area contributed by atoms with Gasteiger partial charge in [0.1, 0.15) is 0 Å². The van der Waals surface area contributed by atoms with E-state index in [0.717, 1.165) is 6.42 Å². The highest BCUT2D eigenvalue weighted by molar-refractivity contribution is 5.59. The van der Waals surface area contributed by atoms with Crippen molar-refractivity contribution >= 4 is 6.08 Å². The van der Waals surface area contributed by atoms with Crippen LogP contribution in [0.15, 0.2) is 30.3 Å². The van der Waals surface area contributed by atoms with Gasteiger partial charge in [0.15, 0.2) is 0 Å². The molecule has 0 radical (unpaired) electrons. The zero-order valence-electron chi connectivity index (χ0n) is 9.88. The van der Waals surface area contributed by atoms with Gasteiger partial charge in [0.2, 0.25) is 0 Å². The highest BCUT2D eigenvalue weighted by Gasteiger charge is 2.00. The van der Waals surface area contributed by atoms with Gasteiger partial charge in [-0.1, -0.05) is 70.5 Å². The minimum Gasteiger partial charge on any atom is -0.0795 e. The Bertz CT molecular complexity index is 258. The van der Waals surface area contributed by atoms with Crippen molar-refractivity contribution in [1.82, 2.24) is 0 Å². The largest absolute Gasteiger partial charge is 0.0795 e. The van der Waals surface area contributed by atoms with Crippen LogP contribution in [0.2, 0.25) is 0 Å². The Labute approximate surface area is 88.7 Å².